The van der Waals surface area contributed by atoms with Crippen LogP contribution in [0.3, 0.4) is 0 Å². The zero-order valence-corrected chi connectivity index (χ0v) is 11.1. The first-order chi connectivity index (χ1) is 9.81. The van der Waals surface area contributed by atoms with Crippen molar-refractivity contribution in [1.29, 1.82) is 0 Å². The Morgan fingerprint density at radius 3 is 2.95 bits per heavy atom. The zero-order valence-electron chi connectivity index (χ0n) is 11.1. The Morgan fingerprint density at radius 2 is 2.15 bits per heavy atom. The molecule has 20 heavy (non-hydrogen) atoms. The minimum Gasteiger partial charge on any atom is -0.496 e. The van der Waals surface area contributed by atoms with E-state index in [0.29, 0.717) is 12.0 Å². The summed E-state index contributed by atoms with van der Waals surface area (Å²) in [6.45, 7) is 0. The lowest BCUT2D eigenvalue weighted by molar-refractivity contribution is 0.112. The van der Waals surface area contributed by atoms with E-state index in [4.69, 9.17) is 4.74 Å². The molecule has 0 atom stereocenters. The molecular formula is C16H14N2O2. The SMILES string of the molecule is COc1ccccc1Cc1ncc2cc(C=O)ccn12. The van der Waals surface area contributed by atoms with Gasteiger partial charge < -0.3 is 9.14 Å². The van der Waals surface area contributed by atoms with Crippen LogP contribution in [-0.2, 0) is 6.42 Å². The van der Waals surface area contributed by atoms with Crippen molar-refractivity contribution in [1.82, 2.24) is 9.38 Å². The number of hydrogen-bond donors (Lipinski definition) is 0. The highest BCUT2D eigenvalue weighted by molar-refractivity contribution is 5.77. The van der Waals surface area contributed by atoms with Crippen LogP contribution in [0.4, 0.5) is 0 Å². The third-order valence-corrected chi connectivity index (χ3v) is 3.31. The first kappa shape index (κ1) is 12.4. The standard InChI is InChI=1S/C16H14N2O2/c1-20-15-5-3-2-4-13(15)9-16-17-10-14-8-12(11-19)6-7-18(14)16/h2-8,10-11H,9H2,1H3. The number of nitrogens with zero attached hydrogens (tertiary/aromatic N) is 2. The molecule has 0 fully saturated rings. The third kappa shape index (κ3) is 2.16. The summed E-state index contributed by atoms with van der Waals surface area (Å²) in [4.78, 5) is 15.2. The summed E-state index contributed by atoms with van der Waals surface area (Å²) in [5.41, 5.74) is 2.66. The van der Waals surface area contributed by atoms with Crippen molar-refractivity contribution >= 4 is 11.8 Å². The Kier molecular flexibility index (Phi) is 3.21. The van der Waals surface area contributed by atoms with Crippen molar-refractivity contribution in [2.75, 3.05) is 7.11 Å². The van der Waals surface area contributed by atoms with E-state index in [-0.39, 0.29) is 0 Å². The molecule has 4 nitrogen and oxygen atoms in total. The molecule has 0 unspecified atom stereocenters. The summed E-state index contributed by atoms with van der Waals surface area (Å²) in [7, 11) is 1.67. The normalized spacial score (nSPS) is 10.7. The Bertz CT molecular complexity index is 762. The van der Waals surface area contributed by atoms with Crippen molar-refractivity contribution in [3.05, 3.63) is 65.7 Å². The monoisotopic (exact) mass is 266 g/mol. The molecular weight excluding hydrogens is 252 g/mol. The summed E-state index contributed by atoms with van der Waals surface area (Å²) in [5, 5.41) is 0. The van der Waals surface area contributed by atoms with Gasteiger partial charge in [-0.15, -0.1) is 0 Å². The fourth-order valence-electron chi connectivity index (χ4n) is 2.30. The number of carbonyl (C=O) groups is 1. The average molecular weight is 266 g/mol. The Hall–Kier alpha value is -2.62. The van der Waals surface area contributed by atoms with Crippen molar-refractivity contribution in [3.63, 3.8) is 0 Å². The lowest BCUT2D eigenvalue weighted by Crippen LogP contribution is -1.99. The van der Waals surface area contributed by atoms with Gasteiger partial charge in [0.15, 0.2) is 0 Å². The van der Waals surface area contributed by atoms with Gasteiger partial charge in [-0.2, -0.15) is 0 Å². The molecule has 2 aromatic heterocycles. The van der Waals surface area contributed by atoms with Crippen molar-refractivity contribution in [2.45, 2.75) is 6.42 Å². The molecule has 2 heterocycles. The van der Waals surface area contributed by atoms with Crippen molar-refractivity contribution in [3.8, 4) is 5.75 Å². The average Bonchev–Trinajstić information content (AvgIpc) is 2.90. The number of ether oxygens (including phenoxy) is 1. The summed E-state index contributed by atoms with van der Waals surface area (Å²) in [5.74, 6) is 1.77. The molecule has 0 saturated carbocycles. The molecule has 0 aliphatic rings. The zero-order chi connectivity index (χ0) is 13.9. The molecule has 0 radical (unpaired) electrons. The van der Waals surface area contributed by atoms with E-state index in [0.717, 1.165) is 28.9 Å². The number of hydrogen-bond acceptors (Lipinski definition) is 3. The molecule has 0 N–H and O–H groups in total. The maximum absolute atomic E-state index is 10.8. The van der Waals surface area contributed by atoms with Gasteiger partial charge >= 0.3 is 0 Å². The lowest BCUT2D eigenvalue weighted by atomic mass is 10.1. The minimum atomic E-state index is 0.654. The predicted octanol–water partition coefficient (Wildman–Crippen LogP) is 2.75. The number of aldehydes is 1. The van der Waals surface area contributed by atoms with E-state index in [9.17, 15) is 4.79 Å². The van der Waals surface area contributed by atoms with Crippen LogP contribution in [0.5, 0.6) is 5.75 Å². The summed E-state index contributed by atoms with van der Waals surface area (Å²) >= 11 is 0. The smallest absolute Gasteiger partial charge is 0.150 e. The minimum absolute atomic E-state index is 0.654. The van der Waals surface area contributed by atoms with Crippen LogP contribution in [0.1, 0.15) is 21.7 Å². The number of carbonyl (C=O) groups excluding carboxylic acids is 1. The van der Waals surface area contributed by atoms with Gasteiger partial charge in [-0.25, -0.2) is 4.98 Å². The first-order valence-corrected chi connectivity index (χ1v) is 6.35. The predicted molar refractivity (Wildman–Crippen MR) is 76.4 cm³/mol. The van der Waals surface area contributed by atoms with Crippen LogP contribution in [0.2, 0.25) is 0 Å². The number of methoxy groups -OCH3 is 1. The van der Waals surface area contributed by atoms with Gasteiger partial charge in [-0.05, 0) is 18.2 Å². The molecule has 3 aromatic rings. The maximum atomic E-state index is 10.8. The largest absolute Gasteiger partial charge is 0.496 e. The quantitative estimate of drug-likeness (QED) is 0.682. The molecule has 1 aromatic carbocycles. The summed E-state index contributed by atoms with van der Waals surface area (Å²) < 4.78 is 7.34. The molecule has 0 aliphatic carbocycles. The van der Waals surface area contributed by atoms with E-state index in [1.807, 2.05) is 40.9 Å². The Balaban J connectivity index is 2.01. The molecule has 100 valence electrons. The second-order valence-corrected chi connectivity index (χ2v) is 4.54. The fourth-order valence-corrected chi connectivity index (χ4v) is 2.30. The van der Waals surface area contributed by atoms with E-state index in [2.05, 4.69) is 4.98 Å². The van der Waals surface area contributed by atoms with Crippen molar-refractivity contribution < 1.29 is 9.53 Å². The van der Waals surface area contributed by atoms with Gasteiger partial charge in [-0.3, -0.25) is 4.79 Å². The second kappa shape index (κ2) is 5.17. The van der Waals surface area contributed by atoms with Crippen LogP contribution in [0.25, 0.3) is 5.52 Å². The number of benzene rings is 1. The van der Waals surface area contributed by atoms with Crippen molar-refractivity contribution in [2.24, 2.45) is 0 Å². The van der Waals surface area contributed by atoms with E-state index in [1.54, 1.807) is 19.4 Å². The molecule has 0 aliphatic heterocycles. The van der Waals surface area contributed by atoms with Gasteiger partial charge in [0.05, 0.1) is 18.8 Å². The molecule has 0 bridgehead atoms. The summed E-state index contributed by atoms with van der Waals surface area (Å²) in [6, 6.07) is 11.5. The first-order valence-electron chi connectivity index (χ1n) is 6.35. The molecule has 0 amide bonds. The van der Waals surface area contributed by atoms with E-state index < -0.39 is 0 Å². The highest BCUT2D eigenvalue weighted by Crippen LogP contribution is 2.21. The number of rotatable bonds is 4. The fraction of sp³-hybridized carbons (Fsp3) is 0.125. The maximum Gasteiger partial charge on any atom is 0.150 e. The second-order valence-electron chi connectivity index (χ2n) is 4.54. The highest BCUT2D eigenvalue weighted by atomic mass is 16.5. The van der Waals surface area contributed by atoms with Gasteiger partial charge in [-0.1, -0.05) is 18.2 Å². The number of para-hydroxylation sites is 1. The summed E-state index contributed by atoms with van der Waals surface area (Å²) in [6.07, 6.45) is 5.17. The van der Waals surface area contributed by atoms with E-state index >= 15 is 0 Å². The Labute approximate surface area is 116 Å². The van der Waals surface area contributed by atoms with Crippen LogP contribution in [-0.4, -0.2) is 22.8 Å². The topological polar surface area (TPSA) is 43.6 Å². The number of fused-ring (bicyclic) bond motifs is 1. The highest BCUT2D eigenvalue weighted by Gasteiger charge is 2.08. The van der Waals surface area contributed by atoms with Gasteiger partial charge in [0.2, 0.25) is 0 Å². The molecule has 4 heteroatoms. The number of imidazole rings is 1. The Morgan fingerprint density at radius 1 is 1.30 bits per heavy atom. The lowest BCUT2D eigenvalue weighted by Gasteiger charge is -2.07. The van der Waals surface area contributed by atoms with E-state index in [1.165, 1.54) is 0 Å². The van der Waals surface area contributed by atoms with Gasteiger partial charge in [0.25, 0.3) is 0 Å². The van der Waals surface area contributed by atoms with Crippen LogP contribution in [0, 0.1) is 0 Å². The van der Waals surface area contributed by atoms with Crippen LogP contribution in [0.15, 0.2) is 48.8 Å². The molecule has 0 spiro atoms. The van der Waals surface area contributed by atoms with Gasteiger partial charge in [0, 0.05) is 23.7 Å². The van der Waals surface area contributed by atoms with Crippen LogP contribution >= 0.6 is 0 Å². The van der Waals surface area contributed by atoms with Crippen LogP contribution < -0.4 is 4.74 Å². The van der Waals surface area contributed by atoms with Gasteiger partial charge in [0.1, 0.15) is 17.9 Å². The number of aromatic nitrogens is 2. The third-order valence-electron chi connectivity index (χ3n) is 3.31. The molecule has 0 saturated heterocycles. The number of pyridine rings is 1. The molecule has 3 rings (SSSR count).